The fourth-order valence-electron chi connectivity index (χ4n) is 4.08. The lowest BCUT2D eigenvalue weighted by atomic mass is 9.81. The van der Waals surface area contributed by atoms with Crippen molar-refractivity contribution in [1.29, 1.82) is 0 Å². The number of aliphatic hydroxyl groups is 1. The van der Waals surface area contributed by atoms with Crippen LogP contribution < -0.4 is 0 Å². The van der Waals surface area contributed by atoms with Crippen molar-refractivity contribution in [1.82, 2.24) is 0 Å². The Bertz CT molecular complexity index is 445. The van der Waals surface area contributed by atoms with Gasteiger partial charge in [0.05, 0.1) is 6.10 Å². The molecule has 2 fully saturated rings. The van der Waals surface area contributed by atoms with Crippen LogP contribution in [0.15, 0.2) is 12.1 Å². The average Bonchev–Trinajstić information content (AvgIpc) is 2.96. The molecule has 1 nitrogen and oxygen atoms in total. The fraction of sp³-hybridized carbons (Fsp3) is 0.625. The van der Waals surface area contributed by atoms with Crippen LogP contribution in [0.25, 0.3) is 0 Å². The summed E-state index contributed by atoms with van der Waals surface area (Å²) < 4.78 is 13.6. The van der Waals surface area contributed by atoms with E-state index in [0.717, 1.165) is 17.9 Å². The molecular formula is C16H21FO. The zero-order chi connectivity index (χ0) is 12.9. The molecule has 4 unspecified atom stereocenters. The lowest BCUT2D eigenvalue weighted by molar-refractivity contribution is 0.0743. The van der Waals surface area contributed by atoms with Gasteiger partial charge in [0.2, 0.25) is 0 Å². The maximum atomic E-state index is 13.6. The molecule has 0 heterocycles. The van der Waals surface area contributed by atoms with E-state index in [2.05, 4.69) is 0 Å². The van der Waals surface area contributed by atoms with Gasteiger partial charge in [-0.3, -0.25) is 0 Å². The van der Waals surface area contributed by atoms with Crippen molar-refractivity contribution in [3.8, 4) is 0 Å². The summed E-state index contributed by atoms with van der Waals surface area (Å²) in [5, 5.41) is 10.6. The summed E-state index contributed by atoms with van der Waals surface area (Å²) in [5.41, 5.74) is 2.20. The molecule has 2 saturated carbocycles. The molecule has 98 valence electrons. The monoisotopic (exact) mass is 248 g/mol. The average molecular weight is 248 g/mol. The Morgan fingerprint density at radius 1 is 1.17 bits per heavy atom. The van der Waals surface area contributed by atoms with Gasteiger partial charge in [-0.2, -0.15) is 0 Å². The molecule has 0 radical (unpaired) electrons. The van der Waals surface area contributed by atoms with E-state index in [1.54, 1.807) is 13.8 Å². The standard InChI is InChI=1S/C16H21FO/c1-9-5-13(6-10(2)15(9)17)16(18)14-8-11-3-4-12(14)7-11/h5-6,11-12,14,16,18H,3-4,7-8H2,1-2H3. The molecule has 0 saturated heterocycles. The van der Waals surface area contributed by atoms with Gasteiger partial charge in [-0.1, -0.05) is 18.6 Å². The minimum atomic E-state index is -0.404. The SMILES string of the molecule is Cc1cc(C(O)C2CC3CCC2C3)cc(C)c1F. The Morgan fingerprint density at radius 2 is 1.83 bits per heavy atom. The normalized spacial score (nSPS) is 31.9. The van der Waals surface area contributed by atoms with Crippen LogP contribution >= 0.6 is 0 Å². The second kappa shape index (κ2) is 4.34. The molecule has 0 aromatic heterocycles. The second-order valence-electron chi connectivity index (χ2n) is 6.25. The van der Waals surface area contributed by atoms with Crippen molar-refractivity contribution >= 4 is 0 Å². The van der Waals surface area contributed by atoms with E-state index < -0.39 is 6.10 Å². The van der Waals surface area contributed by atoms with Crippen molar-refractivity contribution in [2.75, 3.05) is 0 Å². The Labute approximate surface area is 108 Å². The highest BCUT2D eigenvalue weighted by Crippen LogP contribution is 2.52. The lowest BCUT2D eigenvalue weighted by Crippen LogP contribution is -2.19. The van der Waals surface area contributed by atoms with Crippen LogP contribution in [0.1, 0.15) is 48.5 Å². The zero-order valence-corrected chi connectivity index (χ0v) is 11.1. The van der Waals surface area contributed by atoms with Crippen molar-refractivity contribution in [2.45, 2.75) is 45.6 Å². The summed E-state index contributed by atoms with van der Waals surface area (Å²) in [6.45, 7) is 3.55. The van der Waals surface area contributed by atoms with E-state index in [1.807, 2.05) is 12.1 Å². The lowest BCUT2D eigenvalue weighted by Gasteiger charge is -2.27. The third-order valence-corrected chi connectivity index (χ3v) is 5.00. The molecule has 4 atom stereocenters. The molecule has 2 aliphatic rings. The Kier molecular flexibility index (Phi) is 2.93. The largest absolute Gasteiger partial charge is 0.388 e. The third-order valence-electron chi connectivity index (χ3n) is 5.00. The minimum absolute atomic E-state index is 0.140. The first-order valence-corrected chi connectivity index (χ1v) is 7.01. The highest BCUT2D eigenvalue weighted by molar-refractivity contribution is 5.32. The highest BCUT2D eigenvalue weighted by atomic mass is 19.1. The maximum absolute atomic E-state index is 13.6. The van der Waals surface area contributed by atoms with Gasteiger partial charge in [-0.15, -0.1) is 0 Å². The topological polar surface area (TPSA) is 20.2 Å². The van der Waals surface area contributed by atoms with Crippen molar-refractivity contribution in [3.63, 3.8) is 0 Å². The predicted octanol–water partition coefficient (Wildman–Crippen LogP) is 3.91. The summed E-state index contributed by atoms with van der Waals surface area (Å²) in [6.07, 6.45) is 4.65. The quantitative estimate of drug-likeness (QED) is 0.841. The number of halogens is 1. The number of aliphatic hydroxyl groups excluding tert-OH is 1. The van der Waals surface area contributed by atoms with Crippen molar-refractivity contribution in [3.05, 3.63) is 34.6 Å². The summed E-state index contributed by atoms with van der Waals surface area (Å²) in [5.74, 6) is 1.78. The first kappa shape index (κ1) is 12.2. The molecule has 0 spiro atoms. The molecule has 3 rings (SSSR count). The molecule has 0 amide bonds. The van der Waals surface area contributed by atoms with Gasteiger partial charge in [0.1, 0.15) is 5.82 Å². The number of hydrogen-bond donors (Lipinski definition) is 1. The van der Waals surface area contributed by atoms with Crippen LogP contribution in [-0.2, 0) is 0 Å². The Hall–Kier alpha value is -0.890. The second-order valence-corrected chi connectivity index (χ2v) is 6.25. The van der Waals surface area contributed by atoms with Gasteiger partial charge < -0.3 is 5.11 Å². The van der Waals surface area contributed by atoms with Crippen molar-refractivity contribution < 1.29 is 9.50 Å². The van der Waals surface area contributed by atoms with Crippen LogP contribution in [0.2, 0.25) is 0 Å². The van der Waals surface area contributed by atoms with Gasteiger partial charge in [0.15, 0.2) is 0 Å². The molecule has 1 N–H and O–H groups in total. The summed E-state index contributed by atoms with van der Waals surface area (Å²) >= 11 is 0. The van der Waals surface area contributed by atoms with Crippen LogP contribution in [0, 0.1) is 37.4 Å². The smallest absolute Gasteiger partial charge is 0.129 e. The molecule has 2 heteroatoms. The summed E-state index contributed by atoms with van der Waals surface area (Å²) in [6, 6.07) is 3.64. The highest BCUT2D eigenvalue weighted by Gasteiger charge is 2.43. The number of aryl methyl sites for hydroxylation is 2. The van der Waals surface area contributed by atoms with Gasteiger partial charge in [-0.25, -0.2) is 4.39 Å². The van der Waals surface area contributed by atoms with E-state index in [0.29, 0.717) is 23.0 Å². The van der Waals surface area contributed by atoms with Gasteiger partial charge in [0.25, 0.3) is 0 Å². The van der Waals surface area contributed by atoms with E-state index in [4.69, 9.17) is 0 Å². The van der Waals surface area contributed by atoms with E-state index in [9.17, 15) is 9.50 Å². The maximum Gasteiger partial charge on any atom is 0.129 e. The van der Waals surface area contributed by atoms with E-state index in [1.165, 1.54) is 19.3 Å². The van der Waals surface area contributed by atoms with Crippen LogP contribution in [0.4, 0.5) is 4.39 Å². The first-order chi connectivity index (χ1) is 8.56. The molecule has 2 bridgehead atoms. The number of rotatable bonds is 2. The summed E-state index contributed by atoms with van der Waals surface area (Å²) in [4.78, 5) is 0. The molecular weight excluding hydrogens is 227 g/mol. The number of fused-ring (bicyclic) bond motifs is 2. The van der Waals surface area contributed by atoms with Gasteiger partial charge in [0, 0.05) is 0 Å². The number of benzene rings is 1. The fourth-order valence-corrected chi connectivity index (χ4v) is 4.08. The predicted molar refractivity (Wildman–Crippen MR) is 69.8 cm³/mol. The Balaban J connectivity index is 1.86. The van der Waals surface area contributed by atoms with Crippen LogP contribution in [-0.4, -0.2) is 5.11 Å². The van der Waals surface area contributed by atoms with Crippen molar-refractivity contribution in [2.24, 2.45) is 17.8 Å². The number of hydrogen-bond acceptors (Lipinski definition) is 1. The zero-order valence-electron chi connectivity index (χ0n) is 11.1. The van der Waals surface area contributed by atoms with Crippen LogP contribution in [0.3, 0.4) is 0 Å². The van der Waals surface area contributed by atoms with Gasteiger partial charge >= 0.3 is 0 Å². The van der Waals surface area contributed by atoms with E-state index >= 15 is 0 Å². The van der Waals surface area contributed by atoms with Crippen LogP contribution in [0.5, 0.6) is 0 Å². The van der Waals surface area contributed by atoms with E-state index in [-0.39, 0.29) is 5.82 Å². The molecule has 18 heavy (non-hydrogen) atoms. The third kappa shape index (κ3) is 1.87. The first-order valence-electron chi connectivity index (χ1n) is 7.01. The molecule has 1 aromatic carbocycles. The minimum Gasteiger partial charge on any atom is -0.388 e. The van der Waals surface area contributed by atoms with Gasteiger partial charge in [-0.05, 0) is 67.6 Å². The molecule has 1 aromatic rings. The molecule has 2 aliphatic carbocycles. The summed E-state index contributed by atoms with van der Waals surface area (Å²) in [7, 11) is 0. The Morgan fingerprint density at radius 3 is 2.33 bits per heavy atom. The molecule has 0 aliphatic heterocycles.